The molecule has 0 aliphatic rings. The maximum Gasteiger partial charge on any atom is 0.450 e. The second kappa shape index (κ2) is 3.33. The number of pyridine rings is 1. The van der Waals surface area contributed by atoms with Gasteiger partial charge in [-0.05, 0) is 19.1 Å². The van der Waals surface area contributed by atoms with Crippen molar-refractivity contribution in [3.05, 3.63) is 35.4 Å². The van der Waals surface area contributed by atoms with Gasteiger partial charge in [0, 0.05) is 11.8 Å². The van der Waals surface area contributed by atoms with Gasteiger partial charge >= 0.3 is 6.18 Å². The van der Waals surface area contributed by atoms with E-state index < -0.39 is 12.0 Å². The highest BCUT2D eigenvalue weighted by Crippen LogP contribution is 2.30. The molecule has 0 amide bonds. The van der Waals surface area contributed by atoms with Gasteiger partial charge in [-0.25, -0.2) is 4.98 Å². The van der Waals surface area contributed by atoms with Crippen LogP contribution in [0.15, 0.2) is 18.3 Å². The molecule has 0 unspecified atom stereocenters. The first-order valence-electron chi connectivity index (χ1n) is 4.44. The van der Waals surface area contributed by atoms with E-state index in [9.17, 15) is 18.0 Å². The summed E-state index contributed by atoms with van der Waals surface area (Å²) >= 11 is 0. The van der Waals surface area contributed by atoms with Crippen LogP contribution in [0, 0.1) is 6.92 Å². The zero-order chi connectivity index (χ0) is 11.9. The normalized spacial score (nSPS) is 12.0. The van der Waals surface area contributed by atoms with Crippen LogP contribution in [0.1, 0.15) is 21.9 Å². The van der Waals surface area contributed by atoms with Crippen LogP contribution in [0.2, 0.25) is 0 Å². The standard InChI is InChI=1S/C10H7F3N2O/c1-6-8-4-7(5-16)2-3-15(8)9(14-6)10(11,12)13/h2-5H,1H3. The fraction of sp³-hybridized carbons (Fsp3) is 0.200. The molecule has 2 heterocycles. The lowest BCUT2D eigenvalue weighted by Gasteiger charge is -2.04. The molecule has 2 rings (SSSR count). The number of alkyl halides is 3. The molecular formula is C10H7F3N2O. The molecule has 0 aliphatic heterocycles. The molecule has 0 N–H and O–H groups in total. The molecule has 2 aromatic rings. The van der Waals surface area contributed by atoms with E-state index in [4.69, 9.17) is 0 Å². The lowest BCUT2D eigenvalue weighted by atomic mass is 10.2. The SMILES string of the molecule is Cc1nc(C(F)(F)F)n2ccc(C=O)cc12. The zero-order valence-corrected chi connectivity index (χ0v) is 8.25. The number of nitrogens with zero attached hydrogens (tertiary/aromatic N) is 2. The number of hydrogen-bond donors (Lipinski definition) is 0. The zero-order valence-electron chi connectivity index (χ0n) is 8.25. The summed E-state index contributed by atoms with van der Waals surface area (Å²) in [7, 11) is 0. The van der Waals surface area contributed by atoms with E-state index in [1.165, 1.54) is 25.3 Å². The predicted octanol–water partition coefficient (Wildman–Crippen LogP) is 2.47. The number of carbonyl (C=O) groups excluding carboxylic acids is 1. The Morgan fingerprint density at radius 3 is 2.69 bits per heavy atom. The second-order valence-electron chi connectivity index (χ2n) is 3.35. The van der Waals surface area contributed by atoms with Crippen molar-refractivity contribution in [2.75, 3.05) is 0 Å². The first kappa shape index (κ1) is 10.7. The number of halogens is 3. The molecule has 3 nitrogen and oxygen atoms in total. The second-order valence-corrected chi connectivity index (χ2v) is 3.35. The number of imidazole rings is 1. The Bertz CT molecular complexity index is 557. The summed E-state index contributed by atoms with van der Waals surface area (Å²) in [5.41, 5.74) is 0.858. The van der Waals surface area contributed by atoms with Gasteiger partial charge in [0.05, 0.1) is 11.2 Å². The molecule has 0 saturated heterocycles. The third kappa shape index (κ3) is 1.56. The Balaban J connectivity index is 2.77. The first-order chi connectivity index (χ1) is 7.43. The quantitative estimate of drug-likeness (QED) is 0.702. The fourth-order valence-electron chi connectivity index (χ4n) is 1.52. The number of aldehydes is 1. The lowest BCUT2D eigenvalue weighted by Crippen LogP contribution is -2.10. The average Bonchev–Trinajstić information content (AvgIpc) is 2.55. The summed E-state index contributed by atoms with van der Waals surface area (Å²) in [5.74, 6) is -0.975. The molecule has 0 bridgehead atoms. The highest BCUT2D eigenvalue weighted by Gasteiger charge is 2.36. The number of aryl methyl sites for hydroxylation is 1. The topological polar surface area (TPSA) is 34.4 Å². The van der Waals surface area contributed by atoms with Crippen molar-refractivity contribution in [1.29, 1.82) is 0 Å². The van der Waals surface area contributed by atoms with Gasteiger partial charge < -0.3 is 0 Å². The van der Waals surface area contributed by atoms with Crippen LogP contribution in [0.25, 0.3) is 5.52 Å². The number of rotatable bonds is 1. The van der Waals surface area contributed by atoms with E-state index in [1.807, 2.05) is 0 Å². The molecule has 84 valence electrons. The maximum atomic E-state index is 12.6. The minimum Gasteiger partial charge on any atom is -0.298 e. The van der Waals surface area contributed by atoms with Crippen molar-refractivity contribution in [2.24, 2.45) is 0 Å². The van der Waals surface area contributed by atoms with Gasteiger partial charge in [0.15, 0.2) is 0 Å². The van der Waals surface area contributed by atoms with Gasteiger partial charge in [-0.2, -0.15) is 13.2 Å². The molecule has 0 atom stereocenters. The Hall–Kier alpha value is -1.85. The van der Waals surface area contributed by atoms with Gasteiger partial charge in [0.1, 0.15) is 6.29 Å². The van der Waals surface area contributed by atoms with Crippen LogP contribution in [-0.4, -0.2) is 15.7 Å². The molecule has 6 heteroatoms. The third-order valence-electron chi connectivity index (χ3n) is 2.24. The van der Waals surface area contributed by atoms with E-state index >= 15 is 0 Å². The van der Waals surface area contributed by atoms with Crippen LogP contribution < -0.4 is 0 Å². The maximum absolute atomic E-state index is 12.6. The molecule has 0 saturated carbocycles. The van der Waals surface area contributed by atoms with Gasteiger partial charge in [0.25, 0.3) is 0 Å². The fourth-order valence-corrected chi connectivity index (χ4v) is 1.52. The number of aromatic nitrogens is 2. The van der Waals surface area contributed by atoms with E-state index in [1.54, 1.807) is 0 Å². The van der Waals surface area contributed by atoms with E-state index in [-0.39, 0.29) is 11.2 Å². The number of carbonyl (C=O) groups is 1. The van der Waals surface area contributed by atoms with Crippen molar-refractivity contribution in [3.8, 4) is 0 Å². The van der Waals surface area contributed by atoms with Crippen LogP contribution in [-0.2, 0) is 6.18 Å². The molecule has 0 aliphatic carbocycles. The Morgan fingerprint density at radius 1 is 1.44 bits per heavy atom. The summed E-state index contributed by atoms with van der Waals surface area (Å²) in [6.07, 6.45) is -2.72. The highest BCUT2D eigenvalue weighted by molar-refractivity contribution is 5.77. The molecular weight excluding hydrogens is 221 g/mol. The molecule has 0 radical (unpaired) electrons. The summed E-state index contributed by atoms with van der Waals surface area (Å²) in [5, 5.41) is 0. The van der Waals surface area contributed by atoms with Crippen LogP contribution >= 0.6 is 0 Å². The lowest BCUT2D eigenvalue weighted by molar-refractivity contribution is -0.145. The summed E-state index contributed by atoms with van der Waals surface area (Å²) in [4.78, 5) is 14.0. The predicted molar refractivity (Wildman–Crippen MR) is 50.3 cm³/mol. The minimum absolute atomic E-state index is 0.246. The summed E-state index contributed by atoms with van der Waals surface area (Å²) in [6.45, 7) is 1.47. The number of hydrogen-bond acceptors (Lipinski definition) is 2. The van der Waals surface area contributed by atoms with Crippen molar-refractivity contribution in [2.45, 2.75) is 13.1 Å². The van der Waals surface area contributed by atoms with Crippen molar-refractivity contribution < 1.29 is 18.0 Å². The number of fused-ring (bicyclic) bond motifs is 1. The summed E-state index contributed by atoms with van der Waals surface area (Å²) in [6, 6.07) is 2.70. The van der Waals surface area contributed by atoms with Gasteiger partial charge in [-0.15, -0.1) is 0 Å². The molecule has 2 aromatic heterocycles. The van der Waals surface area contributed by atoms with Gasteiger partial charge in [-0.1, -0.05) is 0 Å². The Labute approximate surface area is 88.5 Å². The molecule has 16 heavy (non-hydrogen) atoms. The smallest absolute Gasteiger partial charge is 0.298 e. The van der Waals surface area contributed by atoms with Crippen LogP contribution in [0.3, 0.4) is 0 Å². The molecule has 0 fully saturated rings. The van der Waals surface area contributed by atoms with E-state index in [0.29, 0.717) is 11.8 Å². The largest absolute Gasteiger partial charge is 0.450 e. The van der Waals surface area contributed by atoms with Crippen molar-refractivity contribution >= 4 is 11.8 Å². The van der Waals surface area contributed by atoms with Crippen molar-refractivity contribution in [3.63, 3.8) is 0 Å². The Morgan fingerprint density at radius 2 is 2.12 bits per heavy atom. The van der Waals surface area contributed by atoms with Crippen molar-refractivity contribution in [1.82, 2.24) is 9.38 Å². The third-order valence-corrected chi connectivity index (χ3v) is 2.24. The monoisotopic (exact) mass is 228 g/mol. The first-order valence-corrected chi connectivity index (χ1v) is 4.44. The minimum atomic E-state index is -4.50. The van der Waals surface area contributed by atoms with E-state index in [0.717, 1.165) is 4.40 Å². The van der Waals surface area contributed by atoms with E-state index in [2.05, 4.69) is 4.98 Å². The summed E-state index contributed by atoms with van der Waals surface area (Å²) < 4.78 is 38.6. The highest BCUT2D eigenvalue weighted by atomic mass is 19.4. The van der Waals surface area contributed by atoms with Crippen LogP contribution in [0.4, 0.5) is 13.2 Å². The average molecular weight is 228 g/mol. The Kier molecular flexibility index (Phi) is 2.22. The van der Waals surface area contributed by atoms with Gasteiger partial charge in [-0.3, -0.25) is 9.20 Å². The van der Waals surface area contributed by atoms with Crippen LogP contribution in [0.5, 0.6) is 0 Å². The van der Waals surface area contributed by atoms with Gasteiger partial charge in [0.2, 0.25) is 5.82 Å². The molecule has 0 spiro atoms. The molecule has 0 aromatic carbocycles.